The van der Waals surface area contributed by atoms with Crippen LogP contribution in [0.5, 0.6) is 0 Å². The Morgan fingerprint density at radius 2 is 1.64 bits per heavy atom. The van der Waals surface area contributed by atoms with E-state index in [1.165, 1.54) is 5.56 Å². The first-order valence-electron chi connectivity index (χ1n) is 7.70. The topological polar surface area (TPSA) is 32.3 Å². The number of nitrogens with one attached hydrogen (secondary N) is 1. The Morgan fingerprint density at radius 1 is 1.05 bits per heavy atom. The van der Waals surface area contributed by atoms with Crippen LogP contribution in [0.2, 0.25) is 0 Å². The van der Waals surface area contributed by atoms with Gasteiger partial charge in [-0.2, -0.15) is 0 Å². The average Bonchev–Trinajstić information content (AvgIpc) is 2.56. The lowest BCUT2D eigenvalue weighted by molar-refractivity contribution is -0.129. The standard InChI is InChI=1S/C19H24N2O/c1-16(18-11-7-4-8-12-18)13-20-14-19(22)21(2)15-17-9-5-3-6-10-17/h3-12,16,20H,13-15H2,1-2H3. The minimum Gasteiger partial charge on any atom is -0.340 e. The van der Waals surface area contributed by atoms with E-state index in [4.69, 9.17) is 0 Å². The number of amides is 1. The second kappa shape index (κ2) is 8.35. The van der Waals surface area contributed by atoms with Crippen molar-refractivity contribution < 1.29 is 4.79 Å². The molecular formula is C19H24N2O. The first-order valence-corrected chi connectivity index (χ1v) is 7.70. The Kier molecular flexibility index (Phi) is 6.16. The fourth-order valence-corrected chi connectivity index (χ4v) is 2.38. The Labute approximate surface area is 133 Å². The summed E-state index contributed by atoms with van der Waals surface area (Å²) in [5, 5.41) is 3.26. The van der Waals surface area contributed by atoms with Crippen LogP contribution in [0.15, 0.2) is 60.7 Å². The molecule has 0 aliphatic heterocycles. The van der Waals surface area contributed by atoms with Crippen molar-refractivity contribution in [1.29, 1.82) is 0 Å². The van der Waals surface area contributed by atoms with Gasteiger partial charge in [0.05, 0.1) is 6.54 Å². The molecule has 0 aliphatic carbocycles. The van der Waals surface area contributed by atoms with Gasteiger partial charge in [0.25, 0.3) is 0 Å². The molecule has 0 heterocycles. The summed E-state index contributed by atoms with van der Waals surface area (Å²) in [6, 6.07) is 20.4. The van der Waals surface area contributed by atoms with Crippen LogP contribution in [0.25, 0.3) is 0 Å². The average molecular weight is 296 g/mol. The molecule has 116 valence electrons. The minimum absolute atomic E-state index is 0.115. The van der Waals surface area contributed by atoms with Crippen LogP contribution in [0.1, 0.15) is 24.0 Å². The van der Waals surface area contributed by atoms with Crippen LogP contribution in [-0.2, 0) is 11.3 Å². The van der Waals surface area contributed by atoms with Crippen LogP contribution in [-0.4, -0.2) is 30.9 Å². The van der Waals surface area contributed by atoms with Gasteiger partial charge in [0.2, 0.25) is 5.91 Å². The molecule has 1 atom stereocenters. The third-order valence-electron chi connectivity index (χ3n) is 3.78. The fourth-order valence-electron chi connectivity index (χ4n) is 2.38. The van der Waals surface area contributed by atoms with Gasteiger partial charge in [-0.3, -0.25) is 4.79 Å². The number of carbonyl (C=O) groups excluding carboxylic acids is 1. The molecular weight excluding hydrogens is 272 g/mol. The van der Waals surface area contributed by atoms with E-state index in [2.05, 4.69) is 24.4 Å². The molecule has 1 amide bonds. The van der Waals surface area contributed by atoms with Crippen molar-refractivity contribution in [3.63, 3.8) is 0 Å². The second-order valence-corrected chi connectivity index (χ2v) is 5.68. The summed E-state index contributed by atoms with van der Waals surface area (Å²) in [6.45, 7) is 3.99. The van der Waals surface area contributed by atoms with Gasteiger partial charge in [-0.05, 0) is 17.0 Å². The first kappa shape index (κ1) is 16.2. The Balaban J connectivity index is 1.73. The fraction of sp³-hybridized carbons (Fsp3) is 0.316. The van der Waals surface area contributed by atoms with E-state index >= 15 is 0 Å². The normalized spacial score (nSPS) is 11.9. The van der Waals surface area contributed by atoms with E-state index in [0.29, 0.717) is 19.0 Å². The highest BCUT2D eigenvalue weighted by atomic mass is 16.2. The number of carbonyl (C=O) groups is 1. The summed E-state index contributed by atoms with van der Waals surface area (Å²) < 4.78 is 0. The lowest BCUT2D eigenvalue weighted by atomic mass is 10.0. The van der Waals surface area contributed by atoms with Crippen molar-refractivity contribution in [1.82, 2.24) is 10.2 Å². The number of hydrogen-bond acceptors (Lipinski definition) is 2. The molecule has 2 rings (SSSR count). The summed E-state index contributed by atoms with van der Waals surface area (Å²) in [4.78, 5) is 13.9. The Hall–Kier alpha value is -2.13. The van der Waals surface area contributed by atoms with Crippen LogP contribution in [0, 0.1) is 0 Å². The minimum atomic E-state index is 0.115. The van der Waals surface area contributed by atoms with Gasteiger partial charge in [-0.1, -0.05) is 67.6 Å². The molecule has 0 aliphatic rings. The molecule has 1 N–H and O–H groups in total. The number of likely N-dealkylation sites (N-methyl/N-ethyl adjacent to an activating group) is 1. The summed E-state index contributed by atoms with van der Waals surface area (Å²) in [5.41, 5.74) is 2.44. The summed E-state index contributed by atoms with van der Waals surface area (Å²) in [5.74, 6) is 0.512. The molecule has 0 aromatic heterocycles. The van der Waals surface area contributed by atoms with Crippen LogP contribution in [0.3, 0.4) is 0 Å². The number of benzene rings is 2. The quantitative estimate of drug-likeness (QED) is 0.852. The zero-order chi connectivity index (χ0) is 15.8. The second-order valence-electron chi connectivity index (χ2n) is 5.68. The van der Waals surface area contributed by atoms with Gasteiger partial charge >= 0.3 is 0 Å². The van der Waals surface area contributed by atoms with Gasteiger partial charge in [0.1, 0.15) is 0 Å². The maximum Gasteiger partial charge on any atom is 0.236 e. The van der Waals surface area contributed by atoms with Gasteiger partial charge in [0, 0.05) is 20.1 Å². The maximum absolute atomic E-state index is 12.1. The van der Waals surface area contributed by atoms with Gasteiger partial charge in [-0.15, -0.1) is 0 Å². The molecule has 0 spiro atoms. The largest absolute Gasteiger partial charge is 0.340 e. The van der Waals surface area contributed by atoms with Crippen molar-refractivity contribution in [2.24, 2.45) is 0 Å². The predicted molar refractivity (Wildman–Crippen MR) is 90.6 cm³/mol. The molecule has 1 unspecified atom stereocenters. The van der Waals surface area contributed by atoms with Crippen molar-refractivity contribution in [3.8, 4) is 0 Å². The number of hydrogen-bond donors (Lipinski definition) is 1. The molecule has 0 radical (unpaired) electrons. The van der Waals surface area contributed by atoms with Gasteiger partial charge in [-0.25, -0.2) is 0 Å². The lowest BCUT2D eigenvalue weighted by Crippen LogP contribution is -2.36. The highest BCUT2D eigenvalue weighted by Crippen LogP contribution is 2.12. The maximum atomic E-state index is 12.1. The van der Waals surface area contributed by atoms with Crippen molar-refractivity contribution in [2.75, 3.05) is 20.1 Å². The number of nitrogens with zero attached hydrogens (tertiary/aromatic N) is 1. The third-order valence-corrected chi connectivity index (χ3v) is 3.78. The van der Waals surface area contributed by atoms with E-state index in [1.807, 2.05) is 55.6 Å². The third kappa shape index (κ3) is 5.01. The molecule has 0 fully saturated rings. The summed E-state index contributed by atoms with van der Waals surface area (Å²) in [6.07, 6.45) is 0. The van der Waals surface area contributed by atoms with E-state index in [-0.39, 0.29) is 5.91 Å². The van der Waals surface area contributed by atoms with E-state index in [0.717, 1.165) is 12.1 Å². The SMILES string of the molecule is CC(CNCC(=O)N(C)Cc1ccccc1)c1ccccc1. The molecule has 0 bridgehead atoms. The Morgan fingerprint density at radius 3 is 2.27 bits per heavy atom. The van der Waals surface area contributed by atoms with Crippen LogP contribution < -0.4 is 5.32 Å². The van der Waals surface area contributed by atoms with Crippen LogP contribution >= 0.6 is 0 Å². The highest BCUT2D eigenvalue weighted by Gasteiger charge is 2.10. The first-order chi connectivity index (χ1) is 10.7. The number of rotatable bonds is 7. The molecule has 3 heteroatoms. The van der Waals surface area contributed by atoms with E-state index in [1.54, 1.807) is 4.90 Å². The smallest absolute Gasteiger partial charge is 0.236 e. The zero-order valence-electron chi connectivity index (χ0n) is 13.3. The van der Waals surface area contributed by atoms with Crippen molar-refractivity contribution in [2.45, 2.75) is 19.4 Å². The molecule has 0 saturated carbocycles. The predicted octanol–water partition coefficient (Wildman–Crippen LogP) is 3.04. The highest BCUT2D eigenvalue weighted by molar-refractivity contribution is 5.77. The monoisotopic (exact) mass is 296 g/mol. The van der Waals surface area contributed by atoms with Crippen LogP contribution in [0.4, 0.5) is 0 Å². The molecule has 0 saturated heterocycles. The molecule has 3 nitrogen and oxygen atoms in total. The summed E-state index contributed by atoms with van der Waals surface area (Å²) in [7, 11) is 1.84. The van der Waals surface area contributed by atoms with E-state index < -0.39 is 0 Å². The summed E-state index contributed by atoms with van der Waals surface area (Å²) >= 11 is 0. The van der Waals surface area contributed by atoms with E-state index in [9.17, 15) is 4.79 Å². The molecule has 2 aromatic carbocycles. The van der Waals surface area contributed by atoms with Gasteiger partial charge in [0.15, 0.2) is 0 Å². The molecule has 22 heavy (non-hydrogen) atoms. The zero-order valence-corrected chi connectivity index (χ0v) is 13.3. The molecule has 2 aromatic rings. The van der Waals surface area contributed by atoms with Gasteiger partial charge < -0.3 is 10.2 Å². The Bertz CT molecular complexity index is 569. The van der Waals surface area contributed by atoms with Crippen molar-refractivity contribution >= 4 is 5.91 Å². The van der Waals surface area contributed by atoms with Crippen molar-refractivity contribution in [3.05, 3.63) is 71.8 Å². The lowest BCUT2D eigenvalue weighted by Gasteiger charge is -2.19.